The van der Waals surface area contributed by atoms with E-state index in [-0.39, 0.29) is 18.7 Å². The van der Waals surface area contributed by atoms with Gasteiger partial charge in [0.05, 0.1) is 4.92 Å². The molecule has 1 aliphatic heterocycles. The molecule has 0 saturated carbocycles. The van der Waals surface area contributed by atoms with E-state index in [0.29, 0.717) is 0 Å². The van der Waals surface area contributed by atoms with E-state index in [4.69, 9.17) is 0 Å². The molecule has 0 aromatic heterocycles. The number of carbonyl (C=O) groups excluding carboxylic acids is 1. The molecule has 1 atom stereocenters. The van der Waals surface area contributed by atoms with Crippen LogP contribution in [0.5, 0.6) is 5.75 Å². The van der Waals surface area contributed by atoms with Crippen molar-refractivity contribution < 1.29 is 32.0 Å². The summed E-state index contributed by atoms with van der Waals surface area (Å²) in [5.74, 6) is -3.08. The molecule has 28 heavy (non-hydrogen) atoms. The first-order chi connectivity index (χ1) is 13.3. The van der Waals surface area contributed by atoms with Crippen LogP contribution in [0.3, 0.4) is 0 Å². The Morgan fingerprint density at radius 1 is 1.21 bits per heavy atom. The Kier molecular flexibility index (Phi) is 5.34. The monoisotopic (exact) mass is 399 g/mol. The van der Waals surface area contributed by atoms with Crippen LogP contribution in [0.25, 0.3) is 0 Å². The second-order valence-corrected chi connectivity index (χ2v) is 5.86. The van der Waals surface area contributed by atoms with Crippen molar-refractivity contribution in [3.05, 3.63) is 58.1 Å². The number of hydrogen-bond donors (Lipinski definition) is 1. The molecule has 0 spiro atoms. The molecule has 7 nitrogen and oxygen atoms in total. The highest BCUT2D eigenvalue weighted by Gasteiger charge is 2.35. The van der Waals surface area contributed by atoms with Crippen LogP contribution < -0.4 is 15.0 Å². The maximum absolute atomic E-state index is 13.9. The van der Waals surface area contributed by atoms with Gasteiger partial charge in [-0.15, -0.1) is 0 Å². The Balaban J connectivity index is 1.81. The third-order valence-corrected chi connectivity index (χ3v) is 4.13. The summed E-state index contributed by atoms with van der Waals surface area (Å²) in [6.07, 6.45) is 0.175. The van der Waals surface area contributed by atoms with Crippen molar-refractivity contribution in [3.8, 4) is 5.75 Å². The summed E-state index contributed by atoms with van der Waals surface area (Å²) in [5.41, 5.74) is -1.03. The molecule has 0 radical (unpaired) electrons. The number of nitrogens with zero attached hydrogens (tertiary/aromatic N) is 2. The number of ether oxygens (including phenoxy) is 1. The lowest BCUT2D eigenvalue weighted by Crippen LogP contribution is -2.34. The van der Waals surface area contributed by atoms with Crippen LogP contribution in [-0.4, -0.2) is 30.0 Å². The fourth-order valence-electron chi connectivity index (χ4n) is 2.93. The summed E-state index contributed by atoms with van der Waals surface area (Å²) in [4.78, 5) is 23.5. The van der Waals surface area contributed by atoms with Crippen molar-refractivity contribution in [1.29, 1.82) is 0 Å². The van der Waals surface area contributed by atoms with Gasteiger partial charge < -0.3 is 15.0 Å². The summed E-state index contributed by atoms with van der Waals surface area (Å²) in [6.45, 7) is -3.25. The lowest BCUT2D eigenvalue weighted by atomic mass is 10.2. The number of para-hydroxylation sites is 1. The molecule has 0 aliphatic carbocycles. The molecular formula is C17H13F4N3O4. The molecule has 1 N–H and O–H groups in total. The van der Waals surface area contributed by atoms with Crippen molar-refractivity contribution in [2.24, 2.45) is 0 Å². The highest BCUT2D eigenvalue weighted by Crippen LogP contribution is 2.33. The van der Waals surface area contributed by atoms with Gasteiger partial charge in [-0.2, -0.15) is 8.78 Å². The van der Waals surface area contributed by atoms with E-state index in [2.05, 4.69) is 10.1 Å². The van der Waals surface area contributed by atoms with Crippen molar-refractivity contribution in [2.75, 3.05) is 16.8 Å². The number of carbonyl (C=O) groups is 1. The Morgan fingerprint density at radius 2 is 1.89 bits per heavy atom. The molecule has 2 aromatic carbocycles. The molecular weight excluding hydrogens is 386 g/mol. The number of nitro benzene ring substituents is 1. The zero-order chi connectivity index (χ0) is 20.4. The third kappa shape index (κ3) is 3.82. The summed E-state index contributed by atoms with van der Waals surface area (Å²) in [7, 11) is 0. The van der Waals surface area contributed by atoms with Gasteiger partial charge in [-0.25, -0.2) is 8.78 Å². The van der Waals surface area contributed by atoms with E-state index >= 15 is 0 Å². The van der Waals surface area contributed by atoms with E-state index in [1.807, 2.05) is 0 Å². The first-order valence-electron chi connectivity index (χ1n) is 8.03. The highest BCUT2D eigenvalue weighted by molar-refractivity contribution is 6.01. The zero-order valence-electron chi connectivity index (χ0n) is 14.1. The van der Waals surface area contributed by atoms with E-state index in [1.54, 1.807) is 0 Å². The molecule has 1 fully saturated rings. The van der Waals surface area contributed by atoms with E-state index in [9.17, 15) is 32.5 Å². The second-order valence-electron chi connectivity index (χ2n) is 5.86. The minimum Gasteiger partial charge on any atom is -0.427 e. The molecule has 1 saturated heterocycles. The molecule has 1 aliphatic rings. The summed E-state index contributed by atoms with van der Waals surface area (Å²) >= 11 is 0. The van der Waals surface area contributed by atoms with Crippen molar-refractivity contribution in [2.45, 2.75) is 19.1 Å². The molecule has 1 amide bonds. The molecule has 1 heterocycles. The number of alkyl halides is 2. The Bertz CT molecular complexity index is 905. The number of nitro groups is 1. The van der Waals surface area contributed by atoms with Crippen LogP contribution in [0.1, 0.15) is 6.42 Å². The lowest BCUT2D eigenvalue weighted by Gasteiger charge is -2.19. The minimum atomic E-state index is -3.28. The molecule has 0 unspecified atom stereocenters. The van der Waals surface area contributed by atoms with Gasteiger partial charge in [-0.1, -0.05) is 6.07 Å². The number of nitrogens with one attached hydrogen (secondary N) is 1. The van der Waals surface area contributed by atoms with Crippen molar-refractivity contribution in [3.63, 3.8) is 0 Å². The van der Waals surface area contributed by atoms with Gasteiger partial charge in [0, 0.05) is 24.4 Å². The van der Waals surface area contributed by atoms with Gasteiger partial charge in [0.1, 0.15) is 23.4 Å². The van der Waals surface area contributed by atoms with Crippen LogP contribution in [0.2, 0.25) is 0 Å². The third-order valence-electron chi connectivity index (χ3n) is 4.13. The Morgan fingerprint density at radius 3 is 2.50 bits per heavy atom. The van der Waals surface area contributed by atoms with Crippen molar-refractivity contribution >= 4 is 23.0 Å². The average molecular weight is 399 g/mol. The number of rotatable bonds is 6. The van der Waals surface area contributed by atoms with Gasteiger partial charge in [0.15, 0.2) is 0 Å². The van der Waals surface area contributed by atoms with Crippen LogP contribution in [0, 0.1) is 21.7 Å². The van der Waals surface area contributed by atoms with Gasteiger partial charge >= 0.3 is 12.3 Å². The smallest absolute Gasteiger partial charge is 0.387 e. The second kappa shape index (κ2) is 7.71. The van der Waals surface area contributed by atoms with Crippen LogP contribution >= 0.6 is 0 Å². The molecule has 2 aromatic rings. The molecule has 11 heteroatoms. The highest BCUT2D eigenvalue weighted by atomic mass is 19.3. The predicted octanol–water partition coefficient (Wildman–Crippen LogP) is 3.69. The number of halogens is 4. The van der Waals surface area contributed by atoms with Crippen LogP contribution in [0.15, 0.2) is 36.4 Å². The predicted molar refractivity (Wildman–Crippen MR) is 90.5 cm³/mol. The average Bonchev–Trinajstić information content (AvgIpc) is 2.95. The van der Waals surface area contributed by atoms with Crippen LogP contribution in [0.4, 0.5) is 34.6 Å². The van der Waals surface area contributed by atoms with E-state index in [1.165, 1.54) is 12.1 Å². The zero-order valence-corrected chi connectivity index (χ0v) is 14.1. The van der Waals surface area contributed by atoms with Gasteiger partial charge in [0.2, 0.25) is 11.7 Å². The summed E-state index contributed by atoms with van der Waals surface area (Å²) in [6, 6.07) is 5.45. The fraction of sp³-hybridized carbons (Fsp3) is 0.235. The van der Waals surface area contributed by atoms with E-state index < -0.39 is 52.2 Å². The standard InChI is InChI=1S/C17H13F4N3O4/c18-10-2-1-3-11(19)15(10)23-7-6-12(16(23)25)22-9-4-5-13(24(26)27)14(8-9)28-17(20)21/h1-5,8,12,17,22H,6-7H2/t12-/m0/s1. The lowest BCUT2D eigenvalue weighted by molar-refractivity contribution is -0.386. The Labute approximate surface area is 155 Å². The quantitative estimate of drug-likeness (QED) is 0.455. The molecule has 148 valence electrons. The van der Waals surface area contributed by atoms with Crippen molar-refractivity contribution in [1.82, 2.24) is 0 Å². The van der Waals surface area contributed by atoms with Gasteiger partial charge in [-0.3, -0.25) is 14.9 Å². The maximum Gasteiger partial charge on any atom is 0.387 e. The molecule has 0 bridgehead atoms. The topological polar surface area (TPSA) is 84.7 Å². The van der Waals surface area contributed by atoms with E-state index in [0.717, 1.165) is 29.2 Å². The fourth-order valence-corrected chi connectivity index (χ4v) is 2.93. The van der Waals surface area contributed by atoms with Gasteiger partial charge in [-0.05, 0) is 24.6 Å². The first kappa shape index (κ1) is 19.4. The van der Waals surface area contributed by atoms with Crippen LogP contribution in [-0.2, 0) is 4.79 Å². The Hall–Kier alpha value is -3.37. The summed E-state index contributed by atoms with van der Waals surface area (Å²) in [5, 5.41) is 13.6. The first-order valence-corrected chi connectivity index (χ1v) is 8.03. The SMILES string of the molecule is O=C1[C@@H](Nc2ccc([N+](=O)[O-])c(OC(F)F)c2)CCN1c1c(F)cccc1F. The van der Waals surface area contributed by atoms with Gasteiger partial charge in [0.25, 0.3) is 0 Å². The normalized spacial score (nSPS) is 16.5. The number of hydrogen-bond acceptors (Lipinski definition) is 5. The largest absolute Gasteiger partial charge is 0.427 e. The number of anilines is 2. The maximum atomic E-state index is 13.9. The number of benzene rings is 2. The summed E-state index contributed by atoms with van der Waals surface area (Å²) < 4.78 is 56.9. The minimum absolute atomic E-state index is 0.0295. The molecule has 3 rings (SSSR count). The number of amides is 1.